The first-order valence-corrected chi connectivity index (χ1v) is 11.6. The first-order valence-electron chi connectivity index (χ1n) is 11.6. The van der Waals surface area contributed by atoms with Gasteiger partial charge in [-0.3, -0.25) is 9.78 Å². The van der Waals surface area contributed by atoms with Crippen LogP contribution >= 0.6 is 0 Å². The molecule has 0 saturated carbocycles. The fourth-order valence-electron chi connectivity index (χ4n) is 4.48. The Hall–Kier alpha value is -2.58. The van der Waals surface area contributed by atoms with Crippen LogP contribution in [-0.2, 0) is 9.53 Å². The highest BCUT2D eigenvalue weighted by Crippen LogP contribution is 2.29. The number of pyridine rings is 1. The number of anilines is 2. The molecular weight excluding hydrogens is 404 g/mol. The molecule has 0 aliphatic carbocycles. The van der Waals surface area contributed by atoms with E-state index in [1.54, 1.807) is 18.6 Å². The van der Waals surface area contributed by atoms with Crippen molar-refractivity contribution in [3.63, 3.8) is 0 Å². The number of piperidine rings is 1. The third-order valence-corrected chi connectivity index (χ3v) is 6.34. The highest BCUT2D eigenvalue weighted by Gasteiger charge is 2.28. The predicted molar refractivity (Wildman–Crippen MR) is 125 cm³/mol. The third-order valence-electron chi connectivity index (χ3n) is 6.34. The molecule has 0 spiro atoms. The Morgan fingerprint density at radius 1 is 1.25 bits per heavy atom. The van der Waals surface area contributed by atoms with Gasteiger partial charge in [-0.05, 0) is 64.5 Å². The van der Waals surface area contributed by atoms with Crippen molar-refractivity contribution in [1.82, 2.24) is 20.3 Å². The second-order valence-electron chi connectivity index (χ2n) is 9.64. The number of aromatic nitrogens is 3. The van der Waals surface area contributed by atoms with Crippen molar-refractivity contribution in [1.29, 1.82) is 0 Å². The van der Waals surface area contributed by atoms with Crippen LogP contribution in [0.1, 0.15) is 46.5 Å². The van der Waals surface area contributed by atoms with E-state index in [-0.39, 0.29) is 17.4 Å². The fourth-order valence-corrected chi connectivity index (χ4v) is 4.48. The molecule has 2 aromatic rings. The van der Waals surface area contributed by atoms with Crippen LogP contribution in [0.25, 0.3) is 11.3 Å². The summed E-state index contributed by atoms with van der Waals surface area (Å²) in [6.45, 7) is 8.78. The van der Waals surface area contributed by atoms with Crippen LogP contribution in [0.5, 0.6) is 0 Å². The lowest BCUT2D eigenvalue weighted by molar-refractivity contribution is -0.120. The molecule has 2 saturated heterocycles. The molecule has 8 heteroatoms. The van der Waals surface area contributed by atoms with Crippen molar-refractivity contribution in [3.05, 3.63) is 30.7 Å². The number of carbonyl (C=O) groups excluding carboxylic acids is 1. The van der Waals surface area contributed by atoms with Crippen molar-refractivity contribution in [2.24, 2.45) is 11.8 Å². The minimum atomic E-state index is -0.0675. The maximum Gasteiger partial charge on any atom is 0.229 e. The van der Waals surface area contributed by atoms with Gasteiger partial charge in [0.2, 0.25) is 5.91 Å². The molecule has 32 heavy (non-hydrogen) atoms. The van der Waals surface area contributed by atoms with Crippen LogP contribution in [0.3, 0.4) is 0 Å². The fraction of sp³-hybridized carbons (Fsp3) is 0.583. The van der Waals surface area contributed by atoms with Gasteiger partial charge in [-0.1, -0.05) is 0 Å². The number of nitrogens with zero attached hydrogens (tertiary/aromatic N) is 3. The molecular formula is C24H34N6O2. The number of carbonyl (C=O) groups is 1. The van der Waals surface area contributed by atoms with Crippen LogP contribution in [0.4, 0.5) is 11.6 Å². The average molecular weight is 439 g/mol. The zero-order chi connectivity index (χ0) is 22.6. The van der Waals surface area contributed by atoms with Crippen molar-refractivity contribution in [2.75, 3.05) is 30.3 Å². The molecule has 1 amide bonds. The van der Waals surface area contributed by atoms with Crippen LogP contribution in [0, 0.1) is 11.8 Å². The summed E-state index contributed by atoms with van der Waals surface area (Å²) in [6, 6.07) is 4.21. The molecule has 0 aromatic carbocycles. The predicted octanol–water partition coefficient (Wildman–Crippen LogP) is 3.48. The summed E-state index contributed by atoms with van der Waals surface area (Å²) in [5.41, 5.74) is 1.55. The Labute approximate surface area is 190 Å². The zero-order valence-electron chi connectivity index (χ0n) is 19.2. The molecule has 3 unspecified atom stereocenters. The summed E-state index contributed by atoms with van der Waals surface area (Å²) in [5, 5.41) is 9.76. The number of hydrogen-bond acceptors (Lipinski definition) is 7. The van der Waals surface area contributed by atoms with E-state index in [1.807, 2.05) is 12.1 Å². The van der Waals surface area contributed by atoms with Gasteiger partial charge in [0.1, 0.15) is 11.6 Å². The Morgan fingerprint density at radius 2 is 2.12 bits per heavy atom. The lowest BCUT2D eigenvalue weighted by Gasteiger charge is -2.35. The van der Waals surface area contributed by atoms with Gasteiger partial charge in [-0.25, -0.2) is 9.97 Å². The van der Waals surface area contributed by atoms with E-state index in [0.29, 0.717) is 24.3 Å². The van der Waals surface area contributed by atoms with E-state index in [2.05, 4.69) is 46.7 Å². The summed E-state index contributed by atoms with van der Waals surface area (Å²) in [7, 11) is 0. The highest BCUT2D eigenvalue weighted by atomic mass is 16.5. The summed E-state index contributed by atoms with van der Waals surface area (Å²) in [6.07, 6.45) is 9.14. The van der Waals surface area contributed by atoms with E-state index in [4.69, 9.17) is 9.72 Å². The highest BCUT2D eigenvalue weighted by molar-refractivity contribution is 5.92. The van der Waals surface area contributed by atoms with Gasteiger partial charge in [-0.15, -0.1) is 0 Å². The van der Waals surface area contributed by atoms with Crippen molar-refractivity contribution >= 4 is 17.5 Å². The monoisotopic (exact) mass is 438 g/mol. The van der Waals surface area contributed by atoms with Gasteiger partial charge in [0, 0.05) is 37.5 Å². The Morgan fingerprint density at radius 3 is 2.91 bits per heavy atom. The quantitative estimate of drug-likeness (QED) is 0.635. The summed E-state index contributed by atoms with van der Waals surface area (Å²) in [4.78, 5) is 26.0. The maximum atomic E-state index is 12.6. The van der Waals surface area contributed by atoms with E-state index in [0.717, 1.165) is 55.9 Å². The van der Waals surface area contributed by atoms with Gasteiger partial charge in [0.15, 0.2) is 0 Å². The first kappa shape index (κ1) is 22.6. The third kappa shape index (κ3) is 6.01. The van der Waals surface area contributed by atoms with Crippen LogP contribution in [0.15, 0.2) is 30.7 Å². The number of ether oxygens (including phenoxy) is 1. The minimum absolute atomic E-state index is 0.00920. The van der Waals surface area contributed by atoms with Crippen LogP contribution in [0.2, 0.25) is 0 Å². The van der Waals surface area contributed by atoms with E-state index in [1.165, 1.54) is 0 Å². The zero-order valence-corrected chi connectivity index (χ0v) is 19.2. The molecule has 2 fully saturated rings. The second-order valence-corrected chi connectivity index (χ2v) is 9.64. The molecule has 0 radical (unpaired) electrons. The molecule has 172 valence electrons. The summed E-state index contributed by atoms with van der Waals surface area (Å²) < 4.78 is 5.81. The lowest BCUT2D eigenvalue weighted by atomic mass is 9.88. The van der Waals surface area contributed by atoms with Gasteiger partial charge < -0.3 is 20.7 Å². The van der Waals surface area contributed by atoms with Crippen LogP contribution in [-0.4, -0.2) is 52.2 Å². The van der Waals surface area contributed by atoms with Crippen molar-refractivity contribution in [3.8, 4) is 11.3 Å². The van der Waals surface area contributed by atoms with Gasteiger partial charge in [0.05, 0.1) is 29.6 Å². The average Bonchev–Trinajstić information content (AvgIpc) is 2.78. The normalized spacial score (nSPS) is 25.2. The molecule has 8 nitrogen and oxygen atoms in total. The van der Waals surface area contributed by atoms with Crippen molar-refractivity contribution < 1.29 is 9.53 Å². The lowest BCUT2D eigenvalue weighted by Crippen LogP contribution is -2.41. The Bertz CT molecular complexity index is 926. The molecule has 4 heterocycles. The Kier molecular flexibility index (Phi) is 7.01. The first-order chi connectivity index (χ1) is 15.4. The molecule has 2 aliphatic rings. The molecule has 4 rings (SSSR count). The van der Waals surface area contributed by atoms with Gasteiger partial charge in [-0.2, -0.15) is 0 Å². The number of hydrogen-bond donors (Lipinski definition) is 3. The topological polar surface area (TPSA) is 101 Å². The van der Waals surface area contributed by atoms with Crippen LogP contribution < -0.4 is 16.0 Å². The van der Waals surface area contributed by atoms with E-state index >= 15 is 0 Å². The number of nitrogens with one attached hydrogen (secondary N) is 3. The maximum absolute atomic E-state index is 12.6. The molecule has 3 atom stereocenters. The van der Waals surface area contributed by atoms with E-state index < -0.39 is 0 Å². The largest absolute Gasteiger partial charge is 0.376 e. The Balaban J connectivity index is 1.38. The minimum Gasteiger partial charge on any atom is -0.376 e. The van der Waals surface area contributed by atoms with Crippen molar-refractivity contribution in [2.45, 2.75) is 58.1 Å². The molecule has 3 N–H and O–H groups in total. The second kappa shape index (κ2) is 9.92. The number of rotatable bonds is 6. The summed E-state index contributed by atoms with van der Waals surface area (Å²) in [5.74, 6) is 1.81. The molecule has 2 aliphatic heterocycles. The van der Waals surface area contributed by atoms with E-state index in [9.17, 15) is 4.79 Å². The van der Waals surface area contributed by atoms with Gasteiger partial charge >= 0.3 is 0 Å². The standard InChI is InChI=1S/C24H34N6O2/c1-16-4-5-19(13-27-16)23(31)30-21-10-18(6-8-26-21)20-14-25-15-22(29-20)28-12-17-7-9-32-24(2,3)11-17/h6,8,10,14-17,19,27H,4-5,7,9,11-13H2,1-3H3,(H,28,29)(H,26,30,31). The SMILES string of the molecule is CC1CCC(C(=O)Nc2cc(-c3cncc(NCC4CCOC(C)(C)C4)n3)ccn2)CN1. The summed E-state index contributed by atoms with van der Waals surface area (Å²) >= 11 is 0. The van der Waals surface area contributed by atoms with Gasteiger partial charge in [0.25, 0.3) is 0 Å². The molecule has 0 bridgehead atoms. The number of amides is 1. The molecule has 2 aromatic heterocycles. The smallest absolute Gasteiger partial charge is 0.229 e.